The number of nitrogens with zero attached hydrogens (tertiary/aromatic N) is 1. The molecule has 1 aromatic carbocycles. The van der Waals surface area contributed by atoms with Crippen LogP contribution in [0.3, 0.4) is 0 Å². The molecule has 84 valence electrons. The number of para-hydroxylation sites is 1. The van der Waals surface area contributed by atoms with E-state index in [0.29, 0.717) is 0 Å². The van der Waals surface area contributed by atoms with Crippen LogP contribution in [-0.2, 0) is 4.74 Å². The first-order valence-electron chi connectivity index (χ1n) is 5.12. The zero-order valence-electron chi connectivity index (χ0n) is 9.21. The fraction of sp³-hybridized carbons (Fsp3) is 0.250. The summed E-state index contributed by atoms with van der Waals surface area (Å²) in [4.78, 5) is 16.3. The summed E-state index contributed by atoms with van der Waals surface area (Å²) >= 11 is 0. The van der Waals surface area contributed by atoms with Crippen LogP contribution >= 0.6 is 0 Å². The van der Waals surface area contributed by atoms with Gasteiger partial charge < -0.3 is 9.57 Å². The van der Waals surface area contributed by atoms with Crippen molar-refractivity contribution in [1.29, 1.82) is 0 Å². The lowest BCUT2D eigenvalue weighted by Crippen LogP contribution is -2.22. The van der Waals surface area contributed by atoms with Gasteiger partial charge >= 0.3 is 6.16 Å². The molecule has 0 unspecified atom stereocenters. The van der Waals surface area contributed by atoms with Crippen molar-refractivity contribution in [3.63, 3.8) is 0 Å². The molecule has 1 heterocycles. The third kappa shape index (κ3) is 2.16. The summed E-state index contributed by atoms with van der Waals surface area (Å²) < 4.78 is 6.29. The van der Waals surface area contributed by atoms with Crippen LogP contribution < -0.4 is 4.84 Å². The van der Waals surface area contributed by atoms with Crippen LogP contribution in [0.5, 0.6) is 0 Å². The lowest BCUT2D eigenvalue weighted by molar-refractivity contribution is 0.0317. The molecule has 2 rings (SSSR count). The van der Waals surface area contributed by atoms with Crippen molar-refractivity contribution >= 4 is 17.1 Å². The first-order chi connectivity index (χ1) is 7.66. The Morgan fingerprint density at radius 1 is 1.25 bits per heavy atom. The van der Waals surface area contributed by atoms with E-state index in [1.807, 2.05) is 30.3 Å². The fourth-order valence-corrected chi connectivity index (χ4v) is 1.43. The van der Waals surface area contributed by atoms with Crippen LogP contribution in [0.15, 0.2) is 36.5 Å². The molecule has 0 aliphatic carbocycles. The van der Waals surface area contributed by atoms with Gasteiger partial charge in [0.05, 0.1) is 11.6 Å². The SMILES string of the molecule is CC(C)OC(=O)On1ccc2ccccc21. The number of carbonyl (C=O) groups is 1. The number of carbonyl (C=O) groups excluding carboxylic acids is 1. The summed E-state index contributed by atoms with van der Waals surface area (Å²) in [6, 6.07) is 9.51. The van der Waals surface area contributed by atoms with Gasteiger partial charge in [-0.2, -0.15) is 4.73 Å². The maximum Gasteiger partial charge on any atom is 0.534 e. The molecule has 16 heavy (non-hydrogen) atoms. The van der Waals surface area contributed by atoms with Crippen molar-refractivity contribution in [2.45, 2.75) is 20.0 Å². The molecule has 0 N–H and O–H groups in total. The highest BCUT2D eigenvalue weighted by Gasteiger charge is 2.09. The molecule has 4 heteroatoms. The van der Waals surface area contributed by atoms with E-state index in [1.54, 1.807) is 20.0 Å². The molecule has 0 fully saturated rings. The van der Waals surface area contributed by atoms with Crippen molar-refractivity contribution in [2.75, 3.05) is 0 Å². The molecule has 0 aliphatic rings. The minimum absolute atomic E-state index is 0.186. The van der Waals surface area contributed by atoms with Crippen LogP contribution in [0.1, 0.15) is 13.8 Å². The lowest BCUT2D eigenvalue weighted by Gasteiger charge is -2.08. The highest BCUT2D eigenvalue weighted by molar-refractivity contribution is 5.80. The summed E-state index contributed by atoms with van der Waals surface area (Å²) in [5.41, 5.74) is 0.836. The number of ether oxygens (including phenoxy) is 1. The summed E-state index contributed by atoms with van der Waals surface area (Å²) in [5, 5.41) is 1.01. The highest BCUT2D eigenvalue weighted by atomic mass is 16.8. The largest absolute Gasteiger partial charge is 0.534 e. The summed E-state index contributed by atoms with van der Waals surface area (Å²) in [7, 11) is 0. The molecule has 2 aromatic rings. The van der Waals surface area contributed by atoms with Gasteiger partial charge in [-0.05, 0) is 26.0 Å². The second-order valence-corrected chi connectivity index (χ2v) is 3.71. The molecule has 1 aromatic heterocycles. The van der Waals surface area contributed by atoms with Crippen molar-refractivity contribution < 1.29 is 14.4 Å². The minimum atomic E-state index is -0.698. The number of rotatable bonds is 2. The smallest absolute Gasteiger partial charge is 0.430 e. The van der Waals surface area contributed by atoms with Gasteiger partial charge in [-0.15, -0.1) is 0 Å². The fourth-order valence-electron chi connectivity index (χ4n) is 1.43. The van der Waals surface area contributed by atoms with Crippen LogP contribution in [0.4, 0.5) is 4.79 Å². The van der Waals surface area contributed by atoms with Crippen molar-refractivity contribution in [2.24, 2.45) is 0 Å². The van der Waals surface area contributed by atoms with E-state index < -0.39 is 6.16 Å². The Morgan fingerprint density at radius 3 is 2.75 bits per heavy atom. The van der Waals surface area contributed by atoms with Crippen LogP contribution in [0.25, 0.3) is 10.9 Å². The Morgan fingerprint density at radius 2 is 2.00 bits per heavy atom. The Bertz CT molecular complexity index is 502. The van der Waals surface area contributed by atoms with Crippen LogP contribution in [0.2, 0.25) is 0 Å². The van der Waals surface area contributed by atoms with E-state index in [-0.39, 0.29) is 6.10 Å². The summed E-state index contributed by atoms with van der Waals surface area (Å²) in [6.45, 7) is 3.55. The van der Waals surface area contributed by atoms with E-state index in [4.69, 9.17) is 9.57 Å². The molecular formula is C12H13NO3. The van der Waals surface area contributed by atoms with Crippen LogP contribution in [-0.4, -0.2) is 17.0 Å². The molecule has 4 nitrogen and oxygen atoms in total. The Hall–Kier alpha value is -1.97. The first kappa shape index (κ1) is 10.5. The third-order valence-corrected chi connectivity index (χ3v) is 2.07. The predicted octanol–water partition coefficient (Wildman–Crippen LogP) is 2.61. The van der Waals surface area contributed by atoms with Crippen molar-refractivity contribution in [3.05, 3.63) is 36.5 Å². The Labute approximate surface area is 93.3 Å². The number of hydrogen-bond donors (Lipinski definition) is 0. The molecule has 0 atom stereocenters. The highest BCUT2D eigenvalue weighted by Crippen LogP contribution is 2.13. The van der Waals surface area contributed by atoms with E-state index in [1.165, 1.54) is 4.73 Å². The predicted molar refractivity (Wildman–Crippen MR) is 60.1 cm³/mol. The van der Waals surface area contributed by atoms with E-state index >= 15 is 0 Å². The minimum Gasteiger partial charge on any atom is -0.430 e. The number of aromatic nitrogens is 1. The Balaban J connectivity index is 2.18. The summed E-state index contributed by atoms with van der Waals surface area (Å²) in [5.74, 6) is 0. The van der Waals surface area contributed by atoms with E-state index in [9.17, 15) is 4.79 Å². The molecule has 0 saturated carbocycles. The second-order valence-electron chi connectivity index (χ2n) is 3.71. The number of fused-ring (bicyclic) bond motifs is 1. The molecule has 0 bridgehead atoms. The lowest BCUT2D eigenvalue weighted by atomic mass is 10.3. The zero-order chi connectivity index (χ0) is 11.5. The second kappa shape index (κ2) is 4.26. The monoisotopic (exact) mass is 219 g/mol. The zero-order valence-corrected chi connectivity index (χ0v) is 9.21. The molecule has 0 saturated heterocycles. The number of hydrogen-bond acceptors (Lipinski definition) is 3. The summed E-state index contributed by atoms with van der Waals surface area (Å²) in [6.07, 6.45) is 0.803. The van der Waals surface area contributed by atoms with Gasteiger partial charge in [0.1, 0.15) is 0 Å². The van der Waals surface area contributed by atoms with Gasteiger partial charge in [0.2, 0.25) is 0 Å². The van der Waals surface area contributed by atoms with Gasteiger partial charge in [-0.3, -0.25) is 0 Å². The van der Waals surface area contributed by atoms with Gasteiger partial charge in [0, 0.05) is 11.6 Å². The van der Waals surface area contributed by atoms with Gasteiger partial charge in [-0.25, -0.2) is 4.79 Å². The maximum absolute atomic E-state index is 11.3. The maximum atomic E-state index is 11.3. The first-order valence-corrected chi connectivity index (χ1v) is 5.12. The Kier molecular flexibility index (Phi) is 2.81. The van der Waals surface area contributed by atoms with Crippen LogP contribution in [0, 0.1) is 0 Å². The average molecular weight is 219 g/mol. The molecule has 0 amide bonds. The normalized spacial score (nSPS) is 10.7. The van der Waals surface area contributed by atoms with Gasteiger partial charge in [0.25, 0.3) is 0 Å². The van der Waals surface area contributed by atoms with E-state index in [2.05, 4.69) is 0 Å². The van der Waals surface area contributed by atoms with Crippen molar-refractivity contribution in [1.82, 2.24) is 4.73 Å². The third-order valence-electron chi connectivity index (χ3n) is 2.07. The standard InChI is InChI=1S/C12H13NO3/c1-9(2)15-12(14)16-13-8-7-10-5-3-4-6-11(10)13/h3-9H,1-2H3. The van der Waals surface area contributed by atoms with Gasteiger partial charge in [0.15, 0.2) is 0 Å². The molecular weight excluding hydrogens is 206 g/mol. The molecule has 0 radical (unpaired) electrons. The quantitative estimate of drug-likeness (QED) is 0.729. The van der Waals surface area contributed by atoms with E-state index in [0.717, 1.165) is 10.9 Å². The molecule has 0 aliphatic heterocycles. The van der Waals surface area contributed by atoms with Gasteiger partial charge in [-0.1, -0.05) is 18.2 Å². The average Bonchev–Trinajstić information content (AvgIpc) is 2.61. The molecule has 0 spiro atoms. The number of benzene rings is 1. The van der Waals surface area contributed by atoms with Crippen molar-refractivity contribution in [3.8, 4) is 0 Å². The topological polar surface area (TPSA) is 40.5 Å².